The second kappa shape index (κ2) is 5.71. The summed E-state index contributed by atoms with van der Waals surface area (Å²) in [6.07, 6.45) is 4.89. The van der Waals surface area contributed by atoms with Gasteiger partial charge >= 0.3 is 6.03 Å². The van der Waals surface area contributed by atoms with Crippen LogP contribution in [0.3, 0.4) is 0 Å². The van der Waals surface area contributed by atoms with Gasteiger partial charge in [-0.3, -0.25) is 0 Å². The van der Waals surface area contributed by atoms with Crippen LogP contribution in [-0.2, 0) is 0 Å². The molecule has 4 heteroatoms. The molecule has 2 aliphatic rings. The Kier molecular flexibility index (Phi) is 4.26. The van der Waals surface area contributed by atoms with Crippen LogP contribution in [0, 0.1) is 5.92 Å². The molecular formula is C13H25N3O. The summed E-state index contributed by atoms with van der Waals surface area (Å²) in [7, 11) is 2.11. The molecule has 1 heterocycles. The van der Waals surface area contributed by atoms with Crippen molar-refractivity contribution < 1.29 is 4.79 Å². The number of hydrogen-bond acceptors (Lipinski definition) is 2. The van der Waals surface area contributed by atoms with E-state index in [1.165, 1.54) is 12.8 Å². The standard InChI is InChI=1S/C13H25N3O/c1-11-4-3-5-12(10-11)14-13(17)16-8-6-15(2)7-9-16/h11-12H,3-10H2,1-2H3,(H,14,17). The highest BCUT2D eigenvalue weighted by atomic mass is 16.2. The maximum atomic E-state index is 12.1. The van der Waals surface area contributed by atoms with E-state index in [1.807, 2.05) is 4.90 Å². The largest absolute Gasteiger partial charge is 0.335 e. The van der Waals surface area contributed by atoms with Crippen LogP contribution in [0.1, 0.15) is 32.6 Å². The van der Waals surface area contributed by atoms with Gasteiger partial charge in [0.2, 0.25) is 0 Å². The SMILES string of the molecule is CC1CCCC(NC(=O)N2CCN(C)CC2)C1. The maximum Gasteiger partial charge on any atom is 0.317 e. The molecule has 4 nitrogen and oxygen atoms in total. The molecule has 2 fully saturated rings. The van der Waals surface area contributed by atoms with Crippen molar-refractivity contribution in [2.75, 3.05) is 33.2 Å². The summed E-state index contributed by atoms with van der Waals surface area (Å²) in [5.74, 6) is 0.765. The minimum absolute atomic E-state index is 0.150. The topological polar surface area (TPSA) is 35.6 Å². The molecule has 17 heavy (non-hydrogen) atoms. The lowest BCUT2D eigenvalue weighted by Gasteiger charge is -2.35. The van der Waals surface area contributed by atoms with E-state index in [-0.39, 0.29) is 6.03 Å². The van der Waals surface area contributed by atoms with E-state index in [1.54, 1.807) is 0 Å². The molecule has 0 spiro atoms. The van der Waals surface area contributed by atoms with E-state index in [9.17, 15) is 4.79 Å². The number of urea groups is 1. The number of hydrogen-bond donors (Lipinski definition) is 1. The monoisotopic (exact) mass is 239 g/mol. The van der Waals surface area contributed by atoms with Gasteiger partial charge < -0.3 is 15.1 Å². The number of nitrogens with zero attached hydrogens (tertiary/aromatic N) is 2. The number of carbonyl (C=O) groups excluding carboxylic acids is 1. The van der Waals surface area contributed by atoms with Gasteiger partial charge in [0.05, 0.1) is 0 Å². The van der Waals surface area contributed by atoms with Crippen LogP contribution < -0.4 is 5.32 Å². The average molecular weight is 239 g/mol. The first-order valence-corrected chi connectivity index (χ1v) is 6.89. The Morgan fingerprint density at radius 3 is 2.53 bits per heavy atom. The lowest BCUT2D eigenvalue weighted by atomic mass is 9.87. The summed E-state index contributed by atoms with van der Waals surface area (Å²) in [6.45, 7) is 6.01. The first kappa shape index (κ1) is 12.7. The molecule has 1 aliphatic carbocycles. The molecule has 2 amide bonds. The number of amides is 2. The first-order chi connectivity index (χ1) is 8.15. The van der Waals surface area contributed by atoms with E-state index in [2.05, 4.69) is 24.2 Å². The van der Waals surface area contributed by atoms with Crippen molar-refractivity contribution in [1.29, 1.82) is 0 Å². The van der Waals surface area contributed by atoms with Gasteiger partial charge in [0.15, 0.2) is 0 Å². The van der Waals surface area contributed by atoms with Gasteiger partial charge in [-0.05, 0) is 25.8 Å². The number of likely N-dealkylation sites (N-methyl/N-ethyl adjacent to an activating group) is 1. The molecule has 98 valence electrons. The summed E-state index contributed by atoms with van der Waals surface area (Å²) < 4.78 is 0. The quantitative estimate of drug-likeness (QED) is 0.753. The number of piperazine rings is 1. The molecule has 0 radical (unpaired) electrons. The Balaban J connectivity index is 1.76. The van der Waals surface area contributed by atoms with Crippen molar-refractivity contribution in [3.63, 3.8) is 0 Å². The van der Waals surface area contributed by atoms with Crippen molar-refractivity contribution in [2.24, 2.45) is 5.92 Å². The summed E-state index contributed by atoms with van der Waals surface area (Å²) in [5.41, 5.74) is 0. The molecule has 0 aromatic heterocycles. The molecule has 1 saturated heterocycles. The summed E-state index contributed by atoms with van der Waals surface area (Å²) in [6, 6.07) is 0.558. The lowest BCUT2D eigenvalue weighted by molar-refractivity contribution is 0.148. The Hall–Kier alpha value is -0.770. The second-order valence-electron chi connectivity index (χ2n) is 5.71. The zero-order valence-corrected chi connectivity index (χ0v) is 11.1. The number of carbonyl (C=O) groups is 1. The van der Waals surface area contributed by atoms with Gasteiger partial charge in [0, 0.05) is 32.2 Å². The fourth-order valence-corrected chi connectivity index (χ4v) is 2.84. The van der Waals surface area contributed by atoms with E-state index in [0.29, 0.717) is 6.04 Å². The fraction of sp³-hybridized carbons (Fsp3) is 0.923. The fourth-order valence-electron chi connectivity index (χ4n) is 2.84. The van der Waals surface area contributed by atoms with Crippen LogP contribution in [-0.4, -0.2) is 55.1 Å². The molecule has 2 unspecified atom stereocenters. The summed E-state index contributed by atoms with van der Waals surface area (Å²) in [4.78, 5) is 16.3. The minimum Gasteiger partial charge on any atom is -0.335 e. The van der Waals surface area contributed by atoms with E-state index in [4.69, 9.17) is 0 Å². The van der Waals surface area contributed by atoms with Gasteiger partial charge in [-0.1, -0.05) is 19.8 Å². The molecule has 0 bridgehead atoms. The van der Waals surface area contributed by atoms with Crippen LogP contribution in [0.15, 0.2) is 0 Å². The van der Waals surface area contributed by atoms with Gasteiger partial charge in [-0.25, -0.2) is 4.79 Å². The maximum absolute atomic E-state index is 12.1. The van der Waals surface area contributed by atoms with E-state index < -0.39 is 0 Å². The molecule has 1 N–H and O–H groups in total. The third-order valence-electron chi connectivity index (χ3n) is 4.05. The zero-order chi connectivity index (χ0) is 12.3. The third-order valence-corrected chi connectivity index (χ3v) is 4.05. The van der Waals surface area contributed by atoms with Gasteiger partial charge in [0.1, 0.15) is 0 Å². The molecular weight excluding hydrogens is 214 g/mol. The number of nitrogens with one attached hydrogen (secondary N) is 1. The number of rotatable bonds is 1. The van der Waals surface area contributed by atoms with Crippen molar-refractivity contribution in [2.45, 2.75) is 38.6 Å². The zero-order valence-electron chi connectivity index (χ0n) is 11.1. The molecule has 2 rings (SSSR count). The minimum atomic E-state index is 0.150. The average Bonchev–Trinajstić information content (AvgIpc) is 2.29. The highest BCUT2D eigenvalue weighted by Crippen LogP contribution is 2.23. The molecule has 1 aliphatic heterocycles. The van der Waals surface area contributed by atoms with Crippen LogP contribution in [0.5, 0.6) is 0 Å². The summed E-state index contributed by atoms with van der Waals surface area (Å²) in [5, 5.41) is 3.20. The third kappa shape index (κ3) is 3.60. The van der Waals surface area contributed by atoms with Crippen molar-refractivity contribution >= 4 is 6.03 Å². The van der Waals surface area contributed by atoms with Crippen molar-refractivity contribution in [1.82, 2.24) is 15.1 Å². The first-order valence-electron chi connectivity index (χ1n) is 6.89. The van der Waals surface area contributed by atoms with Crippen LogP contribution in [0.2, 0.25) is 0 Å². The molecule has 0 aromatic carbocycles. The smallest absolute Gasteiger partial charge is 0.317 e. The van der Waals surface area contributed by atoms with Crippen LogP contribution in [0.25, 0.3) is 0 Å². The predicted octanol–water partition coefficient (Wildman–Crippen LogP) is 1.52. The predicted molar refractivity (Wildman–Crippen MR) is 69.0 cm³/mol. The van der Waals surface area contributed by atoms with Crippen LogP contribution >= 0.6 is 0 Å². The summed E-state index contributed by atoms with van der Waals surface area (Å²) >= 11 is 0. The second-order valence-corrected chi connectivity index (χ2v) is 5.71. The van der Waals surface area contributed by atoms with Crippen molar-refractivity contribution in [3.05, 3.63) is 0 Å². The van der Waals surface area contributed by atoms with Crippen molar-refractivity contribution in [3.8, 4) is 0 Å². The normalized spacial score (nSPS) is 31.3. The lowest BCUT2D eigenvalue weighted by Crippen LogP contribution is -2.53. The molecule has 2 atom stereocenters. The molecule has 0 aromatic rings. The van der Waals surface area contributed by atoms with E-state index in [0.717, 1.165) is 44.9 Å². The Labute approximate surface area is 104 Å². The Morgan fingerprint density at radius 2 is 1.88 bits per heavy atom. The highest BCUT2D eigenvalue weighted by molar-refractivity contribution is 5.74. The Bertz CT molecular complexity index is 261. The Morgan fingerprint density at radius 1 is 1.18 bits per heavy atom. The van der Waals surface area contributed by atoms with Crippen LogP contribution in [0.4, 0.5) is 4.79 Å². The van der Waals surface area contributed by atoms with Gasteiger partial charge in [-0.15, -0.1) is 0 Å². The highest BCUT2D eigenvalue weighted by Gasteiger charge is 2.24. The molecule has 1 saturated carbocycles. The van der Waals surface area contributed by atoms with E-state index >= 15 is 0 Å². The van der Waals surface area contributed by atoms with Gasteiger partial charge in [-0.2, -0.15) is 0 Å². The van der Waals surface area contributed by atoms with Gasteiger partial charge in [0.25, 0.3) is 0 Å².